The van der Waals surface area contributed by atoms with Crippen molar-refractivity contribution in [3.63, 3.8) is 0 Å². The Balaban J connectivity index is 1.24. The molecule has 0 unspecified atom stereocenters. The Kier molecular flexibility index (Phi) is 7.60. The molecule has 65 heavy (non-hydrogen) atoms. The van der Waals surface area contributed by atoms with Crippen LogP contribution < -0.4 is 26.2 Å². The van der Waals surface area contributed by atoms with Crippen LogP contribution in [0.4, 0.5) is 34.1 Å². The molecule has 330 valence electrons. The van der Waals surface area contributed by atoms with Crippen molar-refractivity contribution in [1.29, 1.82) is 0 Å². The molecule has 1 aromatic heterocycles. The first-order valence-electron chi connectivity index (χ1n) is 26.0. The van der Waals surface area contributed by atoms with Gasteiger partial charge in [0.25, 0.3) is 6.71 Å². The van der Waals surface area contributed by atoms with Gasteiger partial charge in [-0.25, -0.2) is 0 Å². The fourth-order valence-electron chi connectivity index (χ4n) is 13.2. The van der Waals surface area contributed by atoms with Crippen molar-refractivity contribution in [2.24, 2.45) is 0 Å². The van der Waals surface area contributed by atoms with Crippen molar-refractivity contribution in [2.45, 2.75) is 161 Å². The van der Waals surface area contributed by atoms with Gasteiger partial charge in [-0.05, 0) is 194 Å². The van der Waals surface area contributed by atoms with Gasteiger partial charge < -0.3 is 14.2 Å². The van der Waals surface area contributed by atoms with Crippen LogP contribution in [0.15, 0.2) is 101 Å². The molecular formula is C61H67BN2O. The number of rotatable bonds is 2. The zero-order valence-electron chi connectivity index (χ0n) is 43.9. The molecule has 0 atom stereocenters. The highest BCUT2D eigenvalue weighted by Gasteiger charge is 2.49. The average Bonchev–Trinajstić information content (AvgIpc) is 3.65. The number of nitrogens with zero attached hydrogens (tertiary/aromatic N) is 2. The van der Waals surface area contributed by atoms with Crippen LogP contribution in [0.1, 0.15) is 165 Å². The van der Waals surface area contributed by atoms with Crippen LogP contribution in [0.2, 0.25) is 0 Å². The van der Waals surface area contributed by atoms with Gasteiger partial charge in [0.2, 0.25) is 0 Å². The molecule has 3 nitrogen and oxygen atoms in total. The average molecular weight is 858 g/mol. The molecule has 6 aromatic carbocycles. The molecular weight excluding hydrogens is 787 g/mol. The monoisotopic (exact) mass is 858 g/mol. The molecule has 3 heterocycles. The summed E-state index contributed by atoms with van der Waals surface area (Å²) in [6.07, 6.45) is 6.67. The van der Waals surface area contributed by atoms with Crippen LogP contribution in [-0.4, -0.2) is 6.71 Å². The molecule has 4 heteroatoms. The smallest absolute Gasteiger partial charge is 0.252 e. The Hall–Kier alpha value is -5.22. The summed E-state index contributed by atoms with van der Waals surface area (Å²) < 4.78 is 34.0. The van der Waals surface area contributed by atoms with Gasteiger partial charge in [0, 0.05) is 49.0 Å². The Morgan fingerprint density at radius 3 is 1.38 bits per heavy atom. The van der Waals surface area contributed by atoms with Crippen LogP contribution in [0.25, 0.3) is 21.9 Å². The molecule has 0 fully saturated rings. The molecule has 7 aromatic rings. The first kappa shape index (κ1) is 37.9. The van der Waals surface area contributed by atoms with E-state index in [1.807, 2.05) is 24.3 Å². The second-order valence-electron chi connectivity index (χ2n) is 24.8. The van der Waals surface area contributed by atoms with E-state index in [-0.39, 0.29) is 39.2 Å². The van der Waals surface area contributed by atoms with Crippen LogP contribution in [0.3, 0.4) is 0 Å². The Morgan fingerprint density at radius 1 is 0.431 bits per heavy atom. The highest BCUT2D eigenvalue weighted by Crippen LogP contribution is 2.54. The van der Waals surface area contributed by atoms with E-state index in [2.05, 4.69) is 166 Å². The summed E-state index contributed by atoms with van der Waals surface area (Å²) in [7, 11) is 0. The number of fused-ring (bicyclic) bond motifs is 10. The second-order valence-corrected chi connectivity index (χ2v) is 24.8. The van der Waals surface area contributed by atoms with Crippen LogP contribution in [0, 0.1) is 6.85 Å². The lowest BCUT2D eigenvalue weighted by Crippen LogP contribution is -2.62. The van der Waals surface area contributed by atoms with E-state index in [0.717, 1.165) is 100 Å². The Labute approximate surface area is 392 Å². The summed E-state index contributed by atoms with van der Waals surface area (Å²) in [5, 5.41) is 2.12. The number of anilines is 6. The second kappa shape index (κ2) is 13.0. The summed E-state index contributed by atoms with van der Waals surface area (Å²) in [5.74, 6) is 0. The van der Waals surface area contributed by atoms with Crippen molar-refractivity contribution in [1.82, 2.24) is 0 Å². The van der Waals surface area contributed by atoms with Crippen molar-refractivity contribution in [2.75, 3.05) is 9.80 Å². The maximum atomic E-state index is 9.18. The maximum Gasteiger partial charge on any atom is 0.252 e. The van der Waals surface area contributed by atoms with E-state index in [9.17, 15) is 4.11 Å². The molecule has 0 N–H and O–H groups in total. The molecule has 0 radical (unpaired) electrons. The number of para-hydroxylation sites is 1. The fraction of sp³-hybridized carbons (Fsp3) is 0.410. The van der Waals surface area contributed by atoms with Gasteiger partial charge >= 0.3 is 0 Å². The van der Waals surface area contributed by atoms with Gasteiger partial charge in [-0.2, -0.15) is 0 Å². The largest absolute Gasteiger partial charge is 0.456 e. The van der Waals surface area contributed by atoms with Gasteiger partial charge in [0.05, 0.1) is 0 Å². The van der Waals surface area contributed by atoms with Crippen LogP contribution in [-0.2, 0) is 32.5 Å². The van der Waals surface area contributed by atoms with Gasteiger partial charge in [-0.15, -0.1) is 0 Å². The minimum absolute atomic E-state index is 0.0187. The third-order valence-corrected chi connectivity index (χ3v) is 17.7. The zero-order chi connectivity index (χ0) is 48.0. The third kappa shape index (κ3) is 5.80. The Morgan fingerprint density at radius 2 is 0.862 bits per heavy atom. The molecule has 0 saturated carbocycles. The number of hydrogen-bond acceptors (Lipinski definition) is 3. The van der Waals surface area contributed by atoms with E-state index >= 15 is 0 Å². The molecule has 2 aliphatic heterocycles. The Bertz CT molecular complexity index is 3330. The van der Waals surface area contributed by atoms with Crippen LogP contribution >= 0.6 is 0 Å². The van der Waals surface area contributed by atoms with Gasteiger partial charge in [0.15, 0.2) is 0 Å². The van der Waals surface area contributed by atoms with Crippen LogP contribution in [0.5, 0.6) is 0 Å². The molecule has 12 rings (SSSR count). The number of furan rings is 1. The van der Waals surface area contributed by atoms with Gasteiger partial charge in [-0.3, -0.25) is 0 Å². The molecule has 0 bridgehead atoms. The summed E-state index contributed by atoms with van der Waals surface area (Å²) in [6.45, 7) is 26.5. The highest BCUT2D eigenvalue weighted by molar-refractivity contribution is 7.00. The highest BCUT2D eigenvalue weighted by atomic mass is 16.3. The quantitative estimate of drug-likeness (QED) is 0.162. The van der Waals surface area contributed by atoms with Crippen molar-refractivity contribution >= 4 is 79.2 Å². The minimum atomic E-state index is -2.37. The van der Waals surface area contributed by atoms with E-state index < -0.39 is 6.85 Å². The first-order valence-corrected chi connectivity index (χ1v) is 24.5. The maximum absolute atomic E-state index is 9.18. The van der Waals surface area contributed by atoms with E-state index in [1.54, 1.807) is 0 Å². The fourth-order valence-corrected chi connectivity index (χ4v) is 13.2. The summed E-state index contributed by atoms with van der Waals surface area (Å²) >= 11 is 0. The predicted octanol–water partition coefficient (Wildman–Crippen LogP) is 15.0. The molecule has 0 saturated heterocycles. The lowest BCUT2D eigenvalue weighted by Gasteiger charge is -2.49. The van der Waals surface area contributed by atoms with Crippen molar-refractivity contribution in [3.05, 3.63) is 136 Å². The number of benzene rings is 6. The zero-order valence-corrected chi connectivity index (χ0v) is 40.9. The topological polar surface area (TPSA) is 19.6 Å². The standard InChI is InChI=1S/C61H67BN2O/c1-36-28-51-55-52(29-36)64(38-18-20-41-42(31-38)57(4,5)23-22-56(41,2)3)50-35-46-44(59(8,9)25-27-61(46,12)13)33-48(50)62(55)47-32-43-45(60(10,11)26-24-58(43,6)7)34-49(47)63(51)37-19-21-54-40(30-37)39-16-14-15-17-53(39)65-54/h14-21,28-35H,22-27H2,1-13H3/i1D3. The number of aryl methyl sites for hydroxylation is 1. The summed E-state index contributed by atoms with van der Waals surface area (Å²) in [5.41, 5.74) is 20.4. The summed E-state index contributed by atoms with van der Waals surface area (Å²) in [4.78, 5) is 4.91. The molecule has 3 aliphatic carbocycles. The van der Waals surface area contributed by atoms with E-state index in [1.165, 1.54) is 44.3 Å². The third-order valence-electron chi connectivity index (χ3n) is 17.7. The van der Waals surface area contributed by atoms with Crippen molar-refractivity contribution < 1.29 is 8.53 Å². The van der Waals surface area contributed by atoms with E-state index in [4.69, 9.17) is 4.42 Å². The first-order chi connectivity index (χ1) is 31.8. The normalized spacial score (nSPS) is 21.8. The summed E-state index contributed by atoms with van der Waals surface area (Å²) in [6, 6.07) is 36.4. The molecule has 0 spiro atoms. The van der Waals surface area contributed by atoms with E-state index in [0.29, 0.717) is 5.56 Å². The van der Waals surface area contributed by atoms with Gasteiger partial charge in [-0.1, -0.05) is 119 Å². The van der Waals surface area contributed by atoms with Crippen molar-refractivity contribution in [3.8, 4) is 0 Å². The predicted molar refractivity (Wildman–Crippen MR) is 278 cm³/mol. The van der Waals surface area contributed by atoms with Gasteiger partial charge in [0.1, 0.15) is 11.2 Å². The SMILES string of the molecule is [2H]C([2H])([2H])c1cc2c3c(c1)N(c1ccc4oc5ccccc5c4c1)c1cc4c(cc1B3c1cc3c(cc1N2c1ccc2c(c1)C(C)(C)CCC2(C)C)C(C)(C)CCC3(C)C)C(C)(C)CCC4(C)C. The molecule has 5 aliphatic rings. The minimum Gasteiger partial charge on any atom is -0.456 e. The molecule has 0 amide bonds. The lowest BCUT2D eigenvalue weighted by atomic mass is 9.32. The lowest BCUT2D eigenvalue weighted by molar-refractivity contribution is 0.332. The number of hydrogen-bond donors (Lipinski definition) is 0.